The van der Waals surface area contributed by atoms with Gasteiger partial charge in [0.2, 0.25) is 6.79 Å². The minimum atomic E-state index is -0.209. The molecule has 1 aromatic heterocycles. The van der Waals surface area contributed by atoms with Crippen LogP contribution < -0.4 is 14.8 Å². The van der Waals surface area contributed by atoms with Gasteiger partial charge < -0.3 is 14.8 Å². The standard InChI is InChI=1S/C23H25N3O3/c1-15-6-5-7-16(10-15)13-26-18(12-21(25-26)23(2,3)4)22(27)24-17-8-9-19-20(11-17)29-14-28-19/h5-12H,13-14H2,1-4H3,(H,24,27). The number of hydrogen-bond acceptors (Lipinski definition) is 4. The van der Waals surface area contributed by atoms with E-state index in [0.717, 1.165) is 11.3 Å². The molecule has 4 rings (SSSR count). The number of rotatable bonds is 4. The maximum absolute atomic E-state index is 13.1. The summed E-state index contributed by atoms with van der Waals surface area (Å²) in [6.45, 7) is 9.05. The topological polar surface area (TPSA) is 65.4 Å². The number of hydrogen-bond donors (Lipinski definition) is 1. The maximum atomic E-state index is 13.1. The molecule has 0 saturated heterocycles. The highest BCUT2D eigenvalue weighted by molar-refractivity contribution is 6.03. The van der Waals surface area contributed by atoms with Gasteiger partial charge in [0.25, 0.3) is 5.91 Å². The first kappa shape index (κ1) is 19.1. The summed E-state index contributed by atoms with van der Waals surface area (Å²) in [7, 11) is 0. The minimum absolute atomic E-state index is 0.161. The molecule has 0 atom stereocenters. The highest BCUT2D eigenvalue weighted by atomic mass is 16.7. The SMILES string of the molecule is Cc1cccc(Cn2nc(C(C)(C)C)cc2C(=O)Nc2ccc3c(c2)OCO3)c1. The quantitative estimate of drug-likeness (QED) is 0.710. The first-order valence-electron chi connectivity index (χ1n) is 9.64. The van der Waals surface area contributed by atoms with Crippen molar-refractivity contribution < 1.29 is 14.3 Å². The van der Waals surface area contributed by atoms with Crippen LogP contribution in [-0.4, -0.2) is 22.5 Å². The number of nitrogens with one attached hydrogen (secondary N) is 1. The smallest absolute Gasteiger partial charge is 0.273 e. The highest BCUT2D eigenvalue weighted by Crippen LogP contribution is 2.34. The van der Waals surface area contributed by atoms with Gasteiger partial charge in [-0.3, -0.25) is 9.48 Å². The van der Waals surface area contributed by atoms with Crippen molar-refractivity contribution in [2.75, 3.05) is 12.1 Å². The Morgan fingerprint density at radius 1 is 1.10 bits per heavy atom. The molecule has 6 nitrogen and oxygen atoms in total. The second kappa shape index (κ2) is 7.28. The largest absolute Gasteiger partial charge is 0.454 e. The molecule has 1 N–H and O–H groups in total. The summed E-state index contributed by atoms with van der Waals surface area (Å²) in [5.74, 6) is 1.11. The molecule has 150 valence electrons. The summed E-state index contributed by atoms with van der Waals surface area (Å²) in [4.78, 5) is 13.1. The van der Waals surface area contributed by atoms with Crippen molar-refractivity contribution in [1.82, 2.24) is 9.78 Å². The molecule has 2 aromatic carbocycles. The van der Waals surface area contributed by atoms with E-state index in [1.165, 1.54) is 5.56 Å². The van der Waals surface area contributed by atoms with E-state index in [2.05, 4.69) is 45.1 Å². The molecule has 1 amide bonds. The molecule has 2 heterocycles. The number of aryl methyl sites for hydroxylation is 1. The maximum Gasteiger partial charge on any atom is 0.273 e. The van der Waals surface area contributed by atoms with Gasteiger partial charge in [0.05, 0.1) is 12.2 Å². The van der Waals surface area contributed by atoms with E-state index in [0.29, 0.717) is 29.4 Å². The van der Waals surface area contributed by atoms with Gasteiger partial charge in [-0.1, -0.05) is 50.6 Å². The third-order valence-corrected chi connectivity index (χ3v) is 4.83. The van der Waals surface area contributed by atoms with Crippen LogP contribution in [0, 0.1) is 6.92 Å². The first-order chi connectivity index (χ1) is 13.8. The number of anilines is 1. The Hall–Kier alpha value is -3.28. The predicted molar refractivity (Wildman–Crippen MR) is 112 cm³/mol. The van der Waals surface area contributed by atoms with Crippen molar-refractivity contribution in [2.24, 2.45) is 0 Å². The van der Waals surface area contributed by atoms with Gasteiger partial charge in [-0.05, 0) is 30.7 Å². The van der Waals surface area contributed by atoms with Crippen LogP contribution in [0.1, 0.15) is 48.1 Å². The van der Waals surface area contributed by atoms with Crippen molar-refractivity contribution in [3.8, 4) is 11.5 Å². The van der Waals surface area contributed by atoms with Crippen LogP contribution in [-0.2, 0) is 12.0 Å². The number of amides is 1. The molecule has 1 aliphatic rings. The van der Waals surface area contributed by atoms with Crippen molar-refractivity contribution in [3.05, 3.63) is 71.0 Å². The Morgan fingerprint density at radius 2 is 1.90 bits per heavy atom. The van der Waals surface area contributed by atoms with Crippen LogP contribution in [0.3, 0.4) is 0 Å². The fraction of sp³-hybridized carbons (Fsp3) is 0.304. The van der Waals surface area contributed by atoms with Crippen LogP contribution in [0.5, 0.6) is 11.5 Å². The zero-order chi connectivity index (χ0) is 20.6. The first-order valence-corrected chi connectivity index (χ1v) is 9.64. The molecule has 0 unspecified atom stereocenters. The Morgan fingerprint density at radius 3 is 2.66 bits per heavy atom. The van der Waals surface area contributed by atoms with Crippen LogP contribution in [0.4, 0.5) is 5.69 Å². The van der Waals surface area contributed by atoms with Crippen LogP contribution in [0.2, 0.25) is 0 Å². The Kier molecular flexibility index (Phi) is 4.78. The van der Waals surface area contributed by atoms with Gasteiger partial charge in [0, 0.05) is 17.2 Å². The number of fused-ring (bicyclic) bond motifs is 1. The molecule has 1 aliphatic heterocycles. The number of carbonyl (C=O) groups is 1. The second-order valence-corrected chi connectivity index (χ2v) is 8.33. The van der Waals surface area contributed by atoms with Gasteiger partial charge in [-0.15, -0.1) is 0 Å². The van der Waals surface area contributed by atoms with E-state index < -0.39 is 0 Å². The van der Waals surface area contributed by atoms with E-state index >= 15 is 0 Å². The number of nitrogens with zero attached hydrogens (tertiary/aromatic N) is 2. The molecule has 0 bridgehead atoms. The lowest BCUT2D eigenvalue weighted by atomic mass is 9.92. The van der Waals surface area contributed by atoms with Crippen LogP contribution in [0.15, 0.2) is 48.5 Å². The van der Waals surface area contributed by atoms with Crippen molar-refractivity contribution in [1.29, 1.82) is 0 Å². The van der Waals surface area contributed by atoms with Crippen molar-refractivity contribution in [2.45, 2.75) is 39.7 Å². The number of carbonyl (C=O) groups excluding carboxylic acids is 1. The molecule has 29 heavy (non-hydrogen) atoms. The predicted octanol–water partition coefficient (Wildman–Crippen LogP) is 4.52. The van der Waals surface area contributed by atoms with Gasteiger partial charge in [0.15, 0.2) is 11.5 Å². The molecule has 0 radical (unpaired) electrons. The van der Waals surface area contributed by atoms with Crippen molar-refractivity contribution >= 4 is 11.6 Å². The fourth-order valence-electron chi connectivity index (χ4n) is 3.24. The zero-order valence-electron chi connectivity index (χ0n) is 17.2. The Bertz CT molecular complexity index is 1060. The minimum Gasteiger partial charge on any atom is -0.454 e. The summed E-state index contributed by atoms with van der Waals surface area (Å²) in [6, 6.07) is 15.5. The lowest BCUT2D eigenvalue weighted by molar-refractivity contribution is 0.101. The third kappa shape index (κ3) is 4.11. The van der Waals surface area contributed by atoms with E-state index in [1.807, 2.05) is 18.2 Å². The van der Waals surface area contributed by atoms with E-state index in [4.69, 9.17) is 14.6 Å². The molecule has 3 aromatic rings. The average molecular weight is 391 g/mol. The number of aromatic nitrogens is 2. The zero-order valence-corrected chi connectivity index (χ0v) is 17.2. The van der Waals surface area contributed by atoms with Gasteiger partial charge >= 0.3 is 0 Å². The Labute approximate surface area is 170 Å². The monoisotopic (exact) mass is 391 g/mol. The third-order valence-electron chi connectivity index (χ3n) is 4.83. The normalized spacial score (nSPS) is 12.8. The molecule has 0 fully saturated rings. The second-order valence-electron chi connectivity index (χ2n) is 8.33. The summed E-state index contributed by atoms with van der Waals surface area (Å²) >= 11 is 0. The summed E-state index contributed by atoms with van der Waals surface area (Å²) in [5.41, 5.74) is 4.17. The lowest BCUT2D eigenvalue weighted by Gasteiger charge is -2.14. The van der Waals surface area contributed by atoms with Gasteiger partial charge in [-0.25, -0.2) is 0 Å². The van der Waals surface area contributed by atoms with E-state index in [-0.39, 0.29) is 18.1 Å². The molecule has 6 heteroatoms. The molecule has 0 spiro atoms. The van der Waals surface area contributed by atoms with Crippen LogP contribution >= 0.6 is 0 Å². The average Bonchev–Trinajstić information content (AvgIpc) is 3.28. The molecule has 0 saturated carbocycles. The lowest BCUT2D eigenvalue weighted by Crippen LogP contribution is -2.18. The number of benzene rings is 2. The summed E-state index contributed by atoms with van der Waals surface area (Å²) < 4.78 is 12.5. The molecule has 0 aliphatic carbocycles. The van der Waals surface area contributed by atoms with E-state index in [9.17, 15) is 4.79 Å². The molecular formula is C23H25N3O3. The highest BCUT2D eigenvalue weighted by Gasteiger charge is 2.23. The number of ether oxygens (including phenoxy) is 2. The summed E-state index contributed by atoms with van der Waals surface area (Å²) in [5, 5.41) is 7.69. The van der Waals surface area contributed by atoms with E-state index in [1.54, 1.807) is 22.9 Å². The van der Waals surface area contributed by atoms with Gasteiger partial charge in [-0.2, -0.15) is 5.10 Å². The Balaban J connectivity index is 1.64. The molecular weight excluding hydrogens is 366 g/mol. The van der Waals surface area contributed by atoms with Gasteiger partial charge in [0.1, 0.15) is 5.69 Å². The fourth-order valence-corrected chi connectivity index (χ4v) is 3.24. The van der Waals surface area contributed by atoms with Crippen LogP contribution in [0.25, 0.3) is 0 Å². The van der Waals surface area contributed by atoms with Crippen molar-refractivity contribution in [3.63, 3.8) is 0 Å². The summed E-state index contributed by atoms with van der Waals surface area (Å²) in [6.07, 6.45) is 0.